The molecule has 1 atom stereocenters. The van der Waals surface area contributed by atoms with E-state index in [0.717, 1.165) is 25.7 Å². The number of ether oxygens (including phenoxy) is 1. The third-order valence-corrected chi connectivity index (χ3v) is 7.13. The zero-order valence-electron chi connectivity index (χ0n) is 21.3. The van der Waals surface area contributed by atoms with Crippen LogP contribution < -0.4 is 10.2 Å². The Bertz CT molecular complexity index is 1170. The molecule has 1 aliphatic carbocycles. The smallest absolute Gasteiger partial charge is 0.296 e. The van der Waals surface area contributed by atoms with Gasteiger partial charge in [-0.1, -0.05) is 12.1 Å². The van der Waals surface area contributed by atoms with Gasteiger partial charge in [-0.25, -0.2) is 13.8 Å². The molecule has 1 aromatic carbocycles. The highest BCUT2D eigenvalue weighted by Crippen LogP contribution is 2.31. The number of hydrogen-bond acceptors (Lipinski definition) is 7. The van der Waals surface area contributed by atoms with E-state index in [1.54, 1.807) is 24.3 Å². The highest BCUT2D eigenvalue weighted by atomic mass is 35.5. The first-order valence-corrected chi connectivity index (χ1v) is 12.3. The van der Waals surface area contributed by atoms with Crippen molar-refractivity contribution < 1.29 is 13.5 Å². The third-order valence-electron chi connectivity index (χ3n) is 7.13. The molecule has 1 saturated heterocycles. The SMILES string of the molecule is C[C@@H]1COCCN1c1cc(-n2c(C(F)F)nc3ccccc32)nc(NC2CCC(N(C)C)CC2)n1.Cl.Cl. The molecule has 0 bridgehead atoms. The van der Waals surface area contributed by atoms with Crippen molar-refractivity contribution in [3.05, 3.63) is 36.2 Å². The molecule has 0 radical (unpaired) electrons. The Labute approximate surface area is 228 Å². The largest absolute Gasteiger partial charge is 0.377 e. The van der Waals surface area contributed by atoms with Crippen LogP contribution in [0.1, 0.15) is 44.9 Å². The first-order valence-electron chi connectivity index (χ1n) is 12.3. The normalized spacial score (nSPS) is 22.1. The average molecular weight is 559 g/mol. The van der Waals surface area contributed by atoms with Gasteiger partial charge in [-0.05, 0) is 58.8 Å². The minimum absolute atomic E-state index is 0. The summed E-state index contributed by atoms with van der Waals surface area (Å²) in [4.78, 5) is 18.2. The van der Waals surface area contributed by atoms with Crippen molar-refractivity contribution >= 4 is 47.6 Å². The number of nitrogens with zero attached hydrogens (tertiary/aromatic N) is 6. The summed E-state index contributed by atoms with van der Waals surface area (Å²) in [6, 6.07) is 9.88. The van der Waals surface area contributed by atoms with Crippen molar-refractivity contribution in [2.24, 2.45) is 0 Å². The van der Waals surface area contributed by atoms with Gasteiger partial charge in [0, 0.05) is 24.7 Å². The number of anilines is 2. The molecule has 0 amide bonds. The van der Waals surface area contributed by atoms with Crippen molar-refractivity contribution in [3.63, 3.8) is 0 Å². The Balaban J connectivity index is 0.00000190. The molecular weight excluding hydrogens is 523 g/mol. The Morgan fingerprint density at radius 1 is 1.03 bits per heavy atom. The van der Waals surface area contributed by atoms with Crippen LogP contribution in [-0.4, -0.2) is 76.4 Å². The number of halogens is 4. The molecule has 0 unspecified atom stereocenters. The summed E-state index contributed by atoms with van der Waals surface area (Å²) in [7, 11) is 4.24. The molecule has 2 aromatic heterocycles. The van der Waals surface area contributed by atoms with E-state index in [1.807, 2.05) is 6.07 Å². The lowest BCUT2D eigenvalue weighted by Crippen LogP contribution is -2.44. The van der Waals surface area contributed by atoms with Crippen molar-refractivity contribution in [2.45, 2.75) is 57.2 Å². The van der Waals surface area contributed by atoms with Gasteiger partial charge < -0.3 is 19.9 Å². The van der Waals surface area contributed by atoms with Gasteiger partial charge in [0.25, 0.3) is 6.43 Å². The zero-order chi connectivity index (χ0) is 24.5. The summed E-state index contributed by atoms with van der Waals surface area (Å²) in [6.07, 6.45) is 1.48. The summed E-state index contributed by atoms with van der Waals surface area (Å²) in [5, 5.41) is 3.51. The van der Waals surface area contributed by atoms with Gasteiger partial charge in [-0.15, -0.1) is 24.8 Å². The number of benzene rings is 1. The van der Waals surface area contributed by atoms with Gasteiger partial charge >= 0.3 is 0 Å². The van der Waals surface area contributed by atoms with E-state index in [1.165, 1.54) is 4.57 Å². The third kappa shape index (κ3) is 6.25. The van der Waals surface area contributed by atoms with Crippen LogP contribution in [0.2, 0.25) is 0 Å². The van der Waals surface area contributed by atoms with Gasteiger partial charge in [0.2, 0.25) is 5.95 Å². The number of aromatic nitrogens is 4. The monoisotopic (exact) mass is 557 g/mol. The maximum absolute atomic E-state index is 14.1. The summed E-state index contributed by atoms with van der Waals surface area (Å²) in [5.41, 5.74) is 1.11. The molecule has 1 N–H and O–H groups in total. The topological polar surface area (TPSA) is 71.3 Å². The van der Waals surface area contributed by atoms with Crippen molar-refractivity contribution in [1.82, 2.24) is 24.4 Å². The maximum atomic E-state index is 14.1. The predicted octanol–water partition coefficient (Wildman–Crippen LogP) is 5.11. The van der Waals surface area contributed by atoms with Crippen molar-refractivity contribution in [3.8, 4) is 5.82 Å². The van der Waals surface area contributed by atoms with Crippen LogP contribution in [0.25, 0.3) is 16.9 Å². The van der Waals surface area contributed by atoms with Crippen LogP contribution >= 0.6 is 24.8 Å². The lowest BCUT2D eigenvalue weighted by atomic mass is 9.91. The molecule has 3 heterocycles. The van der Waals surface area contributed by atoms with Gasteiger partial charge in [0.1, 0.15) is 11.6 Å². The van der Waals surface area contributed by atoms with Gasteiger partial charge in [0.15, 0.2) is 5.82 Å². The number of imidazole rings is 1. The van der Waals surface area contributed by atoms with E-state index >= 15 is 0 Å². The number of morpholine rings is 1. The zero-order valence-corrected chi connectivity index (χ0v) is 22.9. The predicted molar refractivity (Wildman–Crippen MR) is 147 cm³/mol. The summed E-state index contributed by atoms with van der Waals surface area (Å²) in [5.74, 6) is 1.24. The Hall–Kier alpha value is -2.27. The molecule has 1 aliphatic heterocycles. The van der Waals surface area contributed by atoms with Gasteiger partial charge in [0.05, 0.1) is 30.3 Å². The fourth-order valence-corrected chi connectivity index (χ4v) is 5.17. The minimum atomic E-state index is -2.74. The van der Waals surface area contributed by atoms with E-state index in [4.69, 9.17) is 14.7 Å². The maximum Gasteiger partial charge on any atom is 0.296 e. The van der Waals surface area contributed by atoms with E-state index in [0.29, 0.717) is 54.4 Å². The molecule has 2 fully saturated rings. The second-order valence-electron chi connectivity index (χ2n) is 9.73. The van der Waals surface area contributed by atoms with Crippen molar-refractivity contribution in [1.29, 1.82) is 0 Å². The number of hydrogen-bond donors (Lipinski definition) is 1. The van der Waals surface area contributed by atoms with Crippen molar-refractivity contribution in [2.75, 3.05) is 44.1 Å². The number of alkyl halides is 2. The fraction of sp³-hybridized carbons (Fsp3) is 0.560. The number of fused-ring (bicyclic) bond motifs is 1. The molecule has 3 aromatic rings. The highest BCUT2D eigenvalue weighted by molar-refractivity contribution is 5.85. The lowest BCUT2D eigenvalue weighted by molar-refractivity contribution is 0.0985. The van der Waals surface area contributed by atoms with Crippen LogP contribution in [-0.2, 0) is 4.74 Å². The van der Waals surface area contributed by atoms with E-state index in [-0.39, 0.29) is 42.7 Å². The lowest BCUT2D eigenvalue weighted by Gasteiger charge is -2.35. The Morgan fingerprint density at radius 3 is 2.41 bits per heavy atom. The minimum Gasteiger partial charge on any atom is -0.377 e. The standard InChI is InChI=1S/C25H33F2N7O.2ClH/c1-16-15-35-13-12-33(16)21-14-22(34-20-7-5-4-6-19(20)29-24(34)23(26)27)31-25(30-21)28-17-8-10-18(11-9-17)32(2)3;;/h4-7,14,16-18,23H,8-13,15H2,1-3H3,(H,28,30,31);2*1H/t16-,17?,18?;;/m1../s1. The van der Waals surface area contributed by atoms with Crippen LogP contribution in [0.5, 0.6) is 0 Å². The molecular formula is C25H35Cl2F2N7O. The van der Waals surface area contributed by atoms with Crippen LogP contribution in [0.4, 0.5) is 20.5 Å². The molecule has 37 heavy (non-hydrogen) atoms. The number of nitrogens with one attached hydrogen (secondary N) is 1. The first-order chi connectivity index (χ1) is 16.9. The van der Waals surface area contributed by atoms with E-state index in [2.05, 4.69) is 41.1 Å². The number of para-hydroxylation sites is 2. The van der Waals surface area contributed by atoms with Gasteiger partial charge in [-0.2, -0.15) is 9.97 Å². The van der Waals surface area contributed by atoms with Crippen LogP contribution in [0.15, 0.2) is 30.3 Å². The molecule has 2 aliphatic rings. The second kappa shape index (κ2) is 12.5. The molecule has 12 heteroatoms. The quantitative estimate of drug-likeness (QED) is 0.451. The number of rotatable bonds is 6. The molecule has 8 nitrogen and oxygen atoms in total. The Morgan fingerprint density at radius 2 is 1.73 bits per heavy atom. The average Bonchev–Trinajstić information content (AvgIpc) is 3.25. The summed E-state index contributed by atoms with van der Waals surface area (Å²) in [6.45, 7) is 3.94. The first kappa shape index (κ1) is 29.3. The van der Waals surface area contributed by atoms with E-state index < -0.39 is 6.43 Å². The fourth-order valence-electron chi connectivity index (χ4n) is 5.17. The highest BCUT2D eigenvalue weighted by Gasteiger charge is 2.27. The Kier molecular flexibility index (Phi) is 9.91. The summed E-state index contributed by atoms with van der Waals surface area (Å²) < 4.78 is 35.2. The molecule has 5 rings (SSSR count). The van der Waals surface area contributed by atoms with Crippen LogP contribution in [0, 0.1) is 0 Å². The van der Waals surface area contributed by atoms with Crippen LogP contribution in [0.3, 0.4) is 0 Å². The van der Waals surface area contributed by atoms with E-state index in [9.17, 15) is 8.78 Å². The second-order valence-corrected chi connectivity index (χ2v) is 9.73. The molecule has 0 spiro atoms. The van der Waals surface area contributed by atoms with Gasteiger partial charge in [-0.3, -0.25) is 4.57 Å². The summed E-state index contributed by atoms with van der Waals surface area (Å²) >= 11 is 0. The molecule has 1 saturated carbocycles. The molecule has 204 valence electrons.